The Hall–Kier alpha value is -1.73. The molecule has 1 fully saturated rings. The smallest absolute Gasteiger partial charge is 0.295 e. The summed E-state index contributed by atoms with van der Waals surface area (Å²) in [6.07, 6.45) is -0.452. The molecule has 7 heteroatoms. The topological polar surface area (TPSA) is 90.4 Å². The predicted molar refractivity (Wildman–Crippen MR) is 59.0 cm³/mol. The molecule has 0 spiro atoms. The number of hydrogen-bond acceptors (Lipinski definition) is 5. The second kappa shape index (κ2) is 4.64. The molecule has 2 rings (SSSR count). The molecular formula is C10H12FN3O3. The number of nitrogens with two attached hydrogens (primary N) is 1. The molecule has 17 heavy (non-hydrogen) atoms. The normalized spacial score (nSPS) is 20.2. The van der Waals surface area contributed by atoms with Crippen molar-refractivity contribution in [3.05, 3.63) is 33.6 Å². The lowest BCUT2D eigenvalue weighted by Gasteiger charge is -2.24. The Morgan fingerprint density at radius 3 is 2.94 bits per heavy atom. The molecule has 1 unspecified atom stereocenters. The third-order valence-electron chi connectivity index (χ3n) is 2.62. The van der Waals surface area contributed by atoms with Crippen molar-refractivity contribution in [2.75, 3.05) is 25.4 Å². The number of nitrogens with zero attached hydrogens (tertiary/aromatic N) is 1. The summed E-state index contributed by atoms with van der Waals surface area (Å²) < 4.78 is 19.1. The molecule has 0 aromatic heterocycles. The number of nitro benzene ring substituents is 1. The summed E-state index contributed by atoms with van der Waals surface area (Å²) in [5.41, 5.74) is 5.29. The van der Waals surface area contributed by atoms with Crippen molar-refractivity contribution in [2.45, 2.75) is 6.10 Å². The number of halogens is 1. The summed E-state index contributed by atoms with van der Waals surface area (Å²) in [5.74, 6) is -0.667. The van der Waals surface area contributed by atoms with E-state index in [1.54, 1.807) is 0 Å². The number of nitrogen functional groups attached to an aromatic ring is 1. The van der Waals surface area contributed by atoms with E-state index in [0.29, 0.717) is 19.7 Å². The second-order valence-corrected chi connectivity index (χ2v) is 3.75. The van der Waals surface area contributed by atoms with Gasteiger partial charge in [-0.05, 0) is 6.07 Å². The first-order valence-corrected chi connectivity index (χ1v) is 5.15. The molecule has 92 valence electrons. The zero-order valence-corrected chi connectivity index (χ0v) is 8.98. The van der Waals surface area contributed by atoms with Crippen LogP contribution in [0.3, 0.4) is 0 Å². The Morgan fingerprint density at radius 2 is 2.35 bits per heavy atom. The van der Waals surface area contributed by atoms with Crippen LogP contribution in [0, 0.1) is 15.9 Å². The number of anilines is 1. The molecule has 0 amide bonds. The maximum Gasteiger partial charge on any atom is 0.295 e. The Bertz CT molecular complexity index is 447. The van der Waals surface area contributed by atoms with Crippen LogP contribution >= 0.6 is 0 Å². The Morgan fingerprint density at radius 1 is 1.59 bits per heavy atom. The van der Waals surface area contributed by atoms with Crippen LogP contribution in [0.1, 0.15) is 11.7 Å². The highest BCUT2D eigenvalue weighted by Gasteiger charge is 2.23. The van der Waals surface area contributed by atoms with Crippen molar-refractivity contribution in [1.29, 1.82) is 0 Å². The molecule has 0 bridgehead atoms. The molecule has 1 aliphatic heterocycles. The molecule has 1 atom stereocenters. The van der Waals surface area contributed by atoms with Gasteiger partial charge in [0, 0.05) is 18.7 Å². The lowest BCUT2D eigenvalue weighted by Crippen LogP contribution is -2.33. The predicted octanol–water partition coefficient (Wildman–Crippen LogP) is 0.977. The molecule has 1 heterocycles. The number of morpholine rings is 1. The number of ether oxygens (including phenoxy) is 1. The SMILES string of the molecule is Nc1cc(C2CNCCO2)c(F)cc1[N+](=O)[O-]. The summed E-state index contributed by atoms with van der Waals surface area (Å²) in [6.45, 7) is 1.65. The number of nitrogens with one attached hydrogen (secondary N) is 1. The number of hydrogen-bond donors (Lipinski definition) is 2. The van der Waals surface area contributed by atoms with Gasteiger partial charge in [-0.15, -0.1) is 0 Å². The quantitative estimate of drug-likeness (QED) is 0.457. The van der Waals surface area contributed by atoms with Crippen LogP contribution in [0.4, 0.5) is 15.8 Å². The van der Waals surface area contributed by atoms with Gasteiger partial charge < -0.3 is 15.8 Å². The standard InChI is InChI=1S/C10H12FN3O3/c11-7-4-9(14(15)16)8(12)3-6(7)10-5-13-1-2-17-10/h3-4,10,13H,1-2,5,12H2. The number of nitro groups is 1. The summed E-state index contributed by atoms with van der Waals surface area (Å²) in [6, 6.07) is 2.10. The molecule has 1 aliphatic rings. The van der Waals surface area contributed by atoms with Gasteiger partial charge >= 0.3 is 0 Å². The first-order chi connectivity index (χ1) is 8.09. The minimum atomic E-state index is -0.706. The van der Waals surface area contributed by atoms with Crippen molar-refractivity contribution in [1.82, 2.24) is 5.32 Å². The average molecular weight is 241 g/mol. The maximum absolute atomic E-state index is 13.7. The van der Waals surface area contributed by atoms with Crippen LogP contribution in [0.25, 0.3) is 0 Å². The first-order valence-electron chi connectivity index (χ1n) is 5.15. The van der Waals surface area contributed by atoms with Gasteiger partial charge in [0.1, 0.15) is 11.5 Å². The Balaban J connectivity index is 2.35. The summed E-state index contributed by atoms with van der Waals surface area (Å²) in [5, 5.41) is 13.6. The van der Waals surface area contributed by atoms with Crippen molar-refractivity contribution in [3.63, 3.8) is 0 Å². The Kier molecular flexibility index (Phi) is 3.21. The molecule has 3 N–H and O–H groups in total. The van der Waals surface area contributed by atoms with Gasteiger partial charge in [-0.1, -0.05) is 0 Å². The van der Waals surface area contributed by atoms with Crippen LogP contribution in [0.15, 0.2) is 12.1 Å². The van der Waals surface area contributed by atoms with E-state index in [4.69, 9.17) is 10.5 Å². The lowest BCUT2D eigenvalue weighted by atomic mass is 10.1. The van der Waals surface area contributed by atoms with Gasteiger partial charge in [0.2, 0.25) is 0 Å². The number of benzene rings is 1. The van der Waals surface area contributed by atoms with E-state index >= 15 is 0 Å². The Labute approximate surface area is 96.7 Å². The number of rotatable bonds is 2. The minimum Gasteiger partial charge on any atom is -0.393 e. The van der Waals surface area contributed by atoms with E-state index in [0.717, 1.165) is 6.07 Å². The molecule has 1 aromatic rings. The molecule has 0 saturated carbocycles. The zero-order chi connectivity index (χ0) is 12.4. The van der Waals surface area contributed by atoms with Crippen molar-refractivity contribution in [2.24, 2.45) is 0 Å². The van der Waals surface area contributed by atoms with Gasteiger partial charge in [0.15, 0.2) is 0 Å². The summed E-state index contributed by atoms with van der Waals surface area (Å²) in [7, 11) is 0. The van der Waals surface area contributed by atoms with Gasteiger partial charge in [0.05, 0.1) is 23.7 Å². The largest absolute Gasteiger partial charge is 0.393 e. The molecule has 0 radical (unpaired) electrons. The minimum absolute atomic E-state index is 0.0550. The van der Waals surface area contributed by atoms with Crippen molar-refractivity contribution < 1.29 is 14.1 Å². The van der Waals surface area contributed by atoms with Gasteiger partial charge in [-0.3, -0.25) is 10.1 Å². The fourth-order valence-electron chi connectivity index (χ4n) is 1.77. The third-order valence-corrected chi connectivity index (χ3v) is 2.62. The van der Waals surface area contributed by atoms with Gasteiger partial charge in [0.25, 0.3) is 5.69 Å². The van der Waals surface area contributed by atoms with Gasteiger partial charge in [-0.25, -0.2) is 4.39 Å². The van der Waals surface area contributed by atoms with Crippen molar-refractivity contribution >= 4 is 11.4 Å². The van der Waals surface area contributed by atoms with E-state index in [9.17, 15) is 14.5 Å². The highest BCUT2D eigenvalue weighted by atomic mass is 19.1. The van der Waals surface area contributed by atoms with Crippen LogP contribution in [-0.2, 0) is 4.74 Å². The third kappa shape index (κ3) is 2.34. The van der Waals surface area contributed by atoms with E-state index in [1.165, 1.54) is 6.07 Å². The molecule has 6 nitrogen and oxygen atoms in total. The van der Waals surface area contributed by atoms with E-state index < -0.39 is 22.5 Å². The van der Waals surface area contributed by atoms with Gasteiger partial charge in [-0.2, -0.15) is 0 Å². The van der Waals surface area contributed by atoms with Crippen molar-refractivity contribution in [3.8, 4) is 0 Å². The van der Waals surface area contributed by atoms with Crippen LogP contribution in [0.2, 0.25) is 0 Å². The lowest BCUT2D eigenvalue weighted by molar-refractivity contribution is -0.384. The fraction of sp³-hybridized carbons (Fsp3) is 0.400. The van der Waals surface area contributed by atoms with Crippen LogP contribution in [0.5, 0.6) is 0 Å². The van der Waals surface area contributed by atoms with Crippen LogP contribution < -0.4 is 11.1 Å². The fourth-order valence-corrected chi connectivity index (χ4v) is 1.77. The van der Waals surface area contributed by atoms with E-state index in [2.05, 4.69) is 5.32 Å². The molecule has 1 aromatic carbocycles. The first kappa shape index (κ1) is 11.7. The van der Waals surface area contributed by atoms with E-state index in [-0.39, 0.29) is 11.3 Å². The molecule has 0 aliphatic carbocycles. The van der Waals surface area contributed by atoms with Crippen LogP contribution in [-0.4, -0.2) is 24.6 Å². The molecule has 1 saturated heterocycles. The molecular weight excluding hydrogens is 229 g/mol. The highest BCUT2D eigenvalue weighted by Crippen LogP contribution is 2.30. The van der Waals surface area contributed by atoms with E-state index in [1.807, 2.05) is 0 Å². The average Bonchev–Trinajstić information content (AvgIpc) is 2.32. The zero-order valence-electron chi connectivity index (χ0n) is 8.98. The highest BCUT2D eigenvalue weighted by molar-refractivity contribution is 5.60. The monoisotopic (exact) mass is 241 g/mol. The maximum atomic E-state index is 13.7. The summed E-state index contributed by atoms with van der Waals surface area (Å²) >= 11 is 0. The summed E-state index contributed by atoms with van der Waals surface area (Å²) in [4.78, 5) is 9.87. The second-order valence-electron chi connectivity index (χ2n) is 3.75.